The van der Waals surface area contributed by atoms with E-state index in [4.69, 9.17) is 4.74 Å². The summed E-state index contributed by atoms with van der Waals surface area (Å²) in [5.41, 5.74) is -0.240. The molecule has 2 aromatic heterocycles. The molecule has 1 aliphatic rings. The molecule has 1 atom stereocenters. The Labute approximate surface area is 138 Å². The topological polar surface area (TPSA) is 86.1 Å². The van der Waals surface area contributed by atoms with Crippen molar-refractivity contribution in [1.29, 1.82) is 0 Å². The molecule has 1 saturated heterocycles. The standard InChI is InChI=1S/C13H13BrN4O3S/c14-8-3-4-11(20)18(6-8)7-10(19)15-13-17-16-12(22-13)9-2-1-5-21-9/h3-4,6,9H,1-2,5,7H2,(H,15,17,19). The average Bonchev–Trinajstić information content (AvgIpc) is 3.13. The molecule has 1 fully saturated rings. The molecule has 3 rings (SSSR count). The number of ether oxygens (including phenoxy) is 1. The van der Waals surface area contributed by atoms with E-state index in [9.17, 15) is 9.59 Å². The Morgan fingerprint density at radius 3 is 3.14 bits per heavy atom. The first-order valence-corrected chi connectivity index (χ1v) is 8.33. The lowest BCUT2D eigenvalue weighted by Crippen LogP contribution is -2.26. The molecule has 1 N–H and O–H groups in total. The predicted molar refractivity (Wildman–Crippen MR) is 84.9 cm³/mol. The maximum Gasteiger partial charge on any atom is 0.251 e. The van der Waals surface area contributed by atoms with Gasteiger partial charge in [-0.25, -0.2) is 0 Å². The number of hydrogen-bond acceptors (Lipinski definition) is 6. The van der Waals surface area contributed by atoms with Crippen LogP contribution in [-0.2, 0) is 16.1 Å². The number of aromatic nitrogens is 3. The molecule has 0 spiro atoms. The van der Waals surface area contributed by atoms with Gasteiger partial charge in [-0.1, -0.05) is 11.3 Å². The van der Waals surface area contributed by atoms with E-state index in [1.165, 1.54) is 22.0 Å². The van der Waals surface area contributed by atoms with Crippen LogP contribution in [-0.4, -0.2) is 27.3 Å². The summed E-state index contributed by atoms with van der Waals surface area (Å²) in [6.07, 6.45) is 3.49. The van der Waals surface area contributed by atoms with Crippen molar-refractivity contribution in [3.8, 4) is 0 Å². The van der Waals surface area contributed by atoms with E-state index >= 15 is 0 Å². The second kappa shape index (κ2) is 6.67. The third-order valence-electron chi connectivity index (χ3n) is 3.15. The zero-order valence-corrected chi connectivity index (χ0v) is 13.9. The quantitative estimate of drug-likeness (QED) is 0.870. The molecule has 0 aromatic carbocycles. The van der Waals surface area contributed by atoms with Gasteiger partial charge in [-0.05, 0) is 34.8 Å². The minimum absolute atomic E-state index is 0.0177. The number of halogens is 1. The van der Waals surface area contributed by atoms with Crippen LogP contribution < -0.4 is 10.9 Å². The van der Waals surface area contributed by atoms with Crippen molar-refractivity contribution in [3.05, 3.63) is 38.2 Å². The molecule has 2 aromatic rings. The van der Waals surface area contributed by atoms with E-state index < -0.39 is 0 Å². The second-order valence-corrected chi connectivity index (χ2v) is 6.73. The SMILES string of the molecule is O=C(Cn1cc(Br)ccc1=O)Nc1nnc(C2CCCO2)s1. The third kappa shape index (κ3) is 3.60. The first-order valence-electron chi connectivity index (χ1n) is 6.72. The van der Waals surface area contributed by atoms with Gasteiger partial charge in [0.05, 0.1) is 0 Å². The fourth-order valence-corrected chi connectivity index (χ4v) is 3.35. The van der Waals surface area contributed by atoms with Crippen molar-refractivity contribution in [1.82, 2.24) is 14.8 Å². The number of nitrogens with one attached hydrogen (secondary N) is 1. The molecule has 1 unspecified atom stereocenters. The molecule has 0 saturated carbocycles. The summed E-state index contributed by atoms with van der Waals surface area (Å²) in [6, 6.07) is 3.03. The number of nitrogens with zero attached hydrogens (tertiary/aromatic N) is 3. The first-order chi connectivity index (χ1) is 10.6. The van der Waals surface area contributed by atoms with Gasteiger partial charge in [0.15, 0.2) is 0 Å². The normalized spacial score (nSPS) is 17.6. The third-order valence-corrected chi connectivity index (χ3v) is 4.55. The molecule has 116 valence electrons. The molecular weight excluding hydrogens is 372 g/mol. The highest BCUT2D eigenvalue weighted by molar-refractivity contribution is 9.10. The Hall–Kier alpha value is -1.58. The van der Waals surface area contributed by atoms with E-state index in [0.717, 1.165) is 28.9 Å². The van der Waals surface area contributed by atoms with Crippen LogP contribution in [0.4, 0.5) is 5.13 Å². The van der Waals surface area contributed by atoms with Crippen LogP contribution in [0.5, 0.6) is 0 Å². The molecule has 9 heteroatoms. The summed E-state index contributed by atoms with van der Waals surface area (Å²) in [5, 5.41) is 11.8. The summed E-state index contributed by atoms with van der Waals surface area (Å²) in [4.78, 5) is 23.7. The van der Waals surface area contributed by atoms with Crippen LogP contribution in [0.2, 0.25) is 0 Å². The lowest BCUT2D eigenvalue weighted by atomic mass is 10.2. The zero-order chi connectivity index (χ0) is 15.5. The predicted octanol–water partition coefficient (Wildman–Crippen LogP) is 1.95. The van der Waals surface area contributed by atoms with Gasteiger partial charge < -0.3 is 9.30 Å². The molecule has 1 aliphatic heterocycles. The van der Waals surface area contributed by atoms with Gasteiger partial charge in [-0.2, -0.15) is 0 Å². The van der Waals surface area contributed by atoms with Gasteiger partial charge in [0, 0.05) is 23.3 Å². The molecule has 22 heavy (non-hydrogen) atoms. The number of pyridine rings is 1. The highest BCUT2D eigenvalue weighted by Crippen LogP contribution is 2.31. The van der Waals surface area contributed by atoms with E-state index in [2.05, 4.69) is 31.4 Å². The molecular formula is C13H13BrN4O3S. The fourth-order valence-electron chi connectivity index (χ4n) is 2.13. The Morgan fingerprint density at radius 1 is 1.50 bits per heavy atom. The van der Waals surface area contributed by atoms with Crippen LogP contribution >= 0.6 is 27.3 Å². The number of amides is 1. The number of anilines is 1. The van der Waals surface area contributed by atoms with Gasteiger partial charge in [0.2, 0.25) is 11.0 Å². The van der Waals surface area contributed by atoms with Crippen LogP contribution in [0, 0.1) is 0 Å². The number of carbonyl (C=O) groups excluding carboxylic acids is 1. The maximum atomic E-state index is 12.0. The zero-order valence-electron chi connectivity index (χ0n) is 11.5. The van der Waals surface area contributed by atoms with Crippen LogP contribution in [0.1, 0.15) is 24.0 Å². The van der Waals surface area contributed by atoms with Crippen LogP contribution in [0.25, 0.3) is 0 Å². The summed E-state index contributed by atoms with van der Waals surface area (Å²) in [6.45, 7) is 0.658. The van der Waals surface area contributed by atoms with Crippen molar-refractivity contribution in [2.45, 2.75) is 25.5 Å². The monoisotopic (exact) mass is 384 g/mol. The van der Waals surface area contributed by atoms with Gasteiger partial charge in [0.1, 0.15) is 17.7 Å². The van der Waals surface area contributed by atoms with E-state index in [-0.39, 0.29) is 24.1 Å². The number of hydrogen-bond donors (Lipinski definition) is 1. The molecule has 0 radical (unpaired) electrons. The van der Waals surface area contributed by atoms with Crippen molar-refractivity contribution < 1.29 is 9.53 Å². The second-order valence-electron chi connectivity index (χ2n) is 4.81. The number of carbonyl (C=O) groups is 1. The highest BCUT2D eigenvalue weighted by atomic mass is 79.9. The lowest BCUT2D eigenvalue weighted by molar-refractivity contribution is -0.116. The first kappa shape index (κ1) is 15.3. The van der Waals surface area contributed by atoms with Crippen LogP contribution in [0.15, 0.2) is 27.6 Å². The number of rotatable bonds is 4. The Kier molecular flexibility index (Phi) is 4.65. The molecule has 0 aliphatic carbocycles. The lowest BCUT2D eigenvalue weighted by Gasteiger charge is -2.05. The van der Waals surface area contributed by atoms with Crippen LogP contribution in [0.3, 0.4) is 0 Å². The maximum absolute atomic E-state index is 12.0. The average molecular weight is 385 g/mol. The van der Waals surface area contributed by atoms with Gasteiger partial charge in [-0.3, -0.25) is 14.9 Å². The Bertz CT molecular complexity index is 739. The summed E-state index contributed by atoms with van der Waals surface area (Å²) in [7, 11) is 0. The minimum Gasteiger partial charge on any atom is -0.371 e. The largest absolute Gasteiger partial charge is 0.371 e. The Balaban J connectivity index is 1.64. The summed E-state index contributed by atoms with van der Waals surface area (Å²) < 4.78 is 7.58. The Morgan fingerprint density at radius 2 is 2.36 bits per heavy atom. The molecule has 0 bridgehead atoms. The van der Waals surface area contributed by atoms with E-state index in [1.54, 1.807) is 12.3 Å². The van der Waals surface area contributed by atoms with Crippen molar-refractivity contribution in [2.75, 3.05) is 11.9 Å². The van der Waals surface area contributed by atoms with Crippen molar-refractivity contribution >= 4 is 38.3 Å². The van der Waals surface area contributed by atoms with E-state index in [0.29, 0.717) is 5.13 Å². The smallest absolute Gasteiger partial charge is 0.251 e. The van der Waals surface area contributed by atoms with E-state index in [1.807, 2.05) is 0 Å². The van der Waals surface area contributed by atoms with Gasteiger partial charge in [-0.15, -0.1) is 10.2 Å². The van der Waals surface area contributed by atoms with Gasteiger partial charge >= 0.3 is 0 Å². The molecule has 7 nitrogen and oxygen atoms in total. The molecule has 1 amide bonds. The van der Waals surface area contributed by atoms with Crippen molar-refractivity contribution in [3.63, 3.8) is 0 Å². The highest BCUT2D eigenvalue weighted by Gasteiger charge is 2.22. The van der Waals surface area contributed by atoms with Crippen molar-refractivity contribution in [2.24, 2.45) is 0 Å². The van der Waals surface area contributed by atoms with Gasteiger partial charge in [0.25, 0.3) is 5.56 Å². The minimum atomic E-state index is -0.324. The summed E-state index contributed by atoms with van der Waals surface area (Å²) in [5.74, 6) is -0.324. The summed E-state index contributed by atoms with van der Waals surface area (Å²) >= 11 is 4.57. The fraction of sp³-hybridized carbons (Fsp3) is 0.385. The molecule has 3 heterocycles.